The molecule has 1 N–H and O–H groups in total. The van der Waals surface area contributed by atoms with E-state index in [1.807, 2.05) is 36.5 Å². The highest BCUT2D eigenvalue weighted by Crippen LogP contribution is 2.39. The van der Waals surface area contributed by atoms with Gasteiger partial charge in [-0.25, -0.2) is 0 Å². The van der Waals surface area contributed by atoms with Gasteiger partial charge in [0.1, 0.15) is 0 Å². The Hall–Kier alpha value is -3.14. The zero-order chi connectivity index (χ0) is 14.5. The average Bonchev–Trinajstić information content (AvgIpc) is 2.78. The third-order valence-corrected chi connectivity index (χ3v) is 4.07. The maximum Gasteiger partial charge on any atom is 0.175 e. The predicted octanol–water partition coefficient (Wildman–Crippen LogP) is 4.26. The van der Waals surface area contributed by atoms with Gasteiger partial charge < -0.3 is 9.82 Å². The normalized spacial score (nSPS) is 13.5. The summed E-state index contributed by atoms with van der Waals surface area (Å²) >= 11 is 0. The van der Waals surface area contributed by atoms with Crippen molar-refractivity contribution < 1.29 is 4.84 Å². The van der Waals surface area contributed by atoms with Gasteiger partial charge in [-0.05, 0) is 48.6 Å². The summed E-state index contributed by atoms with van der Waals surface area (Å²) in [6.45, 7) is 0. The molecule has 104 valence electrons. The molecular weight excluding hydrogens is 274 g/mol. The topological polar surface area (TPSA) is 50.3 Å². The summed E-state index contributed by atoms with van der Waals surface area (Å²) in [6.07, 6.45) is 7.35. The molecule has 2 aromatic carbocycles. The van der Waals surface area contributed by atoms with Crippen molar-refractivity contribution in [2.24, 2.45) is 5.16 Å². The van der Waals surface area contributed by atoms with Crippen LogP contribution >= 0.6 is 0 Å². The second-order valence-corrected chi connectivity index (χ2v) is 5.29. The van der Waals surface area contributed by atoms with E-state index in [9.17, 15) is 0 Å². The number of H-pyrrole nitrogens is 1. The Balaban J connectivity index is 2.00. The van der Waals surface area contributed by atoms with Crippen LogP contribution < -0.4 is 4.84 Å². The zero-order valence-corrected chi connectivity index (χ0v) is 11.6. The number of benzene rings is 2. The van der Waals surface area contributed by atoms with Crippen molar-refractivity contribution in [2.75, 3.05) is 0 Å². The van der Waals surface area contributed by atoms with Gasteiger partial charge in [0.25, 0.3) is 0 Å². The minimum atomic E-state index is 0.789. The van der Waals surface area contributed by atoms with Gasteiger partial charge in [0.05, 0.1) is 28.2 Å². The van der Waals surface area contributed by atoms with Crippen molar-refractivity contribution in [3.05, 3.63) is 54.2 Å². The minimum absolute atomic E-state index is 0.789. The number of rotatable bonds is 0. The third-order valence-electron chi connectivity index (χ3n) is 4.07. The van der Waals surface area contributed by atoms with E-state index in [1.54, 1.807) is 6.21 Å². The monoisotopic (exact) mass is 285 g/mol. The summed E-state index contributed by atoms with van der Waals surface area (Å²) in [5.74, 6) is 0.789. The van der Waals surface area contributed by atoms with Crippen LogP contribution in [0, 0.1) is 0 Å². The number of hydrogen-bond acceptors (Lipinski definition) is 3. The number of aromatic amines is 1. The lowest BCUT2D eigenvalue weighted by molar-refractivity contribution is 0.348. The summed E-state index contributed by atoms with van der Waals surface area (Å²) in [7, 11) is 0. The summed E-state index contributed by atoms with van der Waals surface area (Å²) in [5.41, 5.74) is 4.12. The molecular formula is C18H11N3O. The van der Waals surface area contributed by atoms with Gasteiger partial charge >= 0.3 is 0 Å². The number of aromatic nitrogens is 2. The van der Waals surface area contributed by atoms with Crippen molar-refractivity contribution in [3.63, 3.8) is 0 Å². The standard InChI is InChI=1S/C18H11N3O/c1-3-11-5-7-15-16(18(11)22-20-10-1)13-6-8-14-12(17(13)21-15)4-2-9-19-14/h1-10,21H. The Kier molecular flexibility index (Phi) is 2.19. The first-order chi connectivity index (χ1) is 10.9. The Bertz CT molecular complexity index is 1110. The van der Waals surface area contributed by atoms with E-state index in [0.717, 1.165) is 44.0 Å². The summed E-state index contributed by atoms with van der Waals surface area (Å²) < 4.78 is 0. The molecule has 4 heteroatoms. The summed E-state index contributed by atoms with van der Waals surface area (Å²) in [6, 6.07) is 12.3. The fourth-order valence-electron chi connectivity index (χ4n) is 3.09. The van der Waals surface area contributed by atoms with Crippen LogP contribution in [0.25, 0.3) is 38.8 Å². The van der Waals surface area contributed by atoms with Gasteiger partial charge in [-0.2, -0.15) is 0 Å². The van der Waals surface area contributed by atoms with Crippen LogP contribution in [0.3, 0.4) is 0 Å². The van der Waals surface area contributed by atoms with Crippen molar-refractivity contribution in [1.82, 2.24) is 9.97 Å². The van der Waals surface area contributed by atoms with E-state index in [2.05, 4.69) is 33.3 Å². The second kappa shape index (κ2) is 4.18. The van der Waals surface area contributed by atoms with Crippen molar-refractivity contribution >= 4 is 45.0 Å². The van der Waals surface area contributed by atoms with Crippen LogP contribution in [0.15, 0.2) is 53.8 Å². The Labute approximate surface area is 125 Å². The highest BCUT2D eigenvalue weighted by molar-refractivity contribution is 6.18. The molecule has 5 rings (SSSR count). The Morgan fingerprint density at radius 1 is 1.00 bits per heavy atom. The molecule has 0 saturated carbocycles. The predicted molar refractivity (Wildman–Crippen MR) is 89.3 cm³/mol. The second-order valence-electron chi connectivity index (χ2n) is 5.29. The fraction of sp³-hybridized carbons (Fsp3) is 0. The number of nitrogens with one attached hydrogen (secondary N) is 1. The first-order valence-electron chi connectivity index (χ1n) is 7.11. The molecule has 0 bridgehead atoms. The molecule has 0 radical (unpaired) electrons. The van der Waals surface area contributed by atoms with Gasteiger partial charge in [0.15, 0.2) is 5.75 Å². The largest absolute Gasteiger partial charge is 0.356 e. The minimum Gasteiger partial charge on any atom is -0.356 e. The van der Waals surface area contributed by atoms with Crippen molar-refractivity contribution in [1.29, 1.82) is 0 Å². The van der Waals surface area contributed by atoms with Crippen molar-refractivity contribution in [2.45, 2.75) is 0 Å². The molecule has 1 aliphatic heterocycles. The van der Waals surface area contributed by atoms with E-state index >= 15 is 0 Å². The number of nitrogens with zero attached hydrogens (tertiary/aromatic N) is 2. The molecule has 0 aliphatic carbocycles. The van der Waals surface area contributed by atoms with Gasteiger partial charge in [-0.15, -0.1) is 0 Å². The number of pyridine rings is 1. The molecule has 3 heterocycles. The van der Waals surface area contributed by atoms with Gasteiger partial charge in [-0.1, -0.05) is 5.16 Å². The number of allylic oxidation sites excluding steroid dienone is 1. The summed E-state index contributed by atoms with van der Waals surface area (Å²) in [4.78, 5) is 13.5. The first-order valence-corrected chi connectivity index (χ1v) is 7.11. The van der Waals surface area contributed by atoms with Crippen LogP contribution in [0.1, 0.15) is 5.56 Å². The lowest BCUT2D eigenvalue weighted by atomic mass is 10.1. The third kappa shape index (κ3) is 1.46. The SMILES string of the molecule is C1=Cc2ccc3[nH]c4c5cccnc5ccc4c3c2ON=C1. The van der Waals surface area contributed by atoms with Crippen LogP contribution in [-0.2, 0) is 0 Å². The highest BCUT2D eigenvalue weighted by atomic mass is 16.6. The smallest absolute Gasteiger partial charge is 0.175 e. The van der Waals surface area contributed by atoms with E-state index in [4.69, 9.17) is 4.84 Å². The highest BCUT2D eigenvalue weighted by Gasteiger charge is 2.16. The molecule has 0 amide bonds. The molecule has 0 saturated heterocycles. The lowest BCUT2D eigenvalue weighted by Crippen LogP contribution is -1.86. The zero-order valence-electron chi connectivity index (χ0n) is 11.6. The van der Waals surface area contributed by atoms with E-state index in [1.165, 1.54) is 0 Å². The Morgan fingerprint density at radius 2 is 2.00 bits per heavy atom. The number of oxime groups is 1. The molecule has 1 aliphatic rings. The maximum atomic E-state index is 5.61. The molecule has 0 atom stereocenters. The van der Waals surface area contributed by atoms with E-state index in [0.29, 0.717) is 0 Å². The molecule has 2 aromatic heterocycles. The summed E-state index contributed by atoms with van der Waals surface area (Å²) in [5, 5.41) is 7.26. The van der Waals surface area contributed by atoms with E-state index in [-0.39, 0.29) is 0 Å². The Morgan fingerprint density at radius 3 is 3.00 bits per heavy atom. The molecule has 0 unspecified atom stereocenters. The maximum absolute atomic E-state index is 5.61. The number of fused-ring (bicyclic) bond motifs is 7. The fourth-order valence-corrected chi connectivity index (χ4v) is 3.09. The molecule has 22 heavy (non-hydrogen) atoms. The molecule has 4 aromatic rings. The van der Waals surface area contributed by atoms with Gasteiger partial charge in [0, 0.05) is 22.5 Å². The van der Waals surface area contributed by atoms with Gasteiger partial charge in [0.2, 0.25) is 0 Å². The van der Waals surface area contributed by atoms with Crippen molar-refractivity contribution in [3.8, 4) is 5.75 Å². The van der Waals surface area contributed by atoms with Crippen LogP contribution in [0.4, 0.5) is 0 Å². The molecule has 0 spiro atoms. The lowest BCUT2D eigenvalue weighted by Gasteiger charge is -2.04. The van der Waals surface area contributed by atoms with Crippen LogP contribution in [0.5, 0.6) is 5.75 Å². The quantitative estimate of drug-likeness (QED) is 0.525. The number of hydrogen-bond donors (Lipinski definition) is 1. The van der Waals surface area contributed by atoms with Crippen LogP contribution in [-0.4, -0.2) is 16.2 Å². The van der Waals surface area contributed by atoms with Gasteiger partial charge in [-0.3, -0.25) is 4.98 Å². The first kappa shape index (κ1) is 11.5. The average molecular weight is 285 g/mol. The molecule has 0 fully saturated rings. The molecule has 4 nitrogen and oxygen atoms in total. The van der Waals surface area contributed by atoms with Crippen LogP contribution in [0.2, 0.25) is 0 Å². The van der Waals surface area contributed by atoms with E-state index < -0.39 is 0 Å².